The third-order valence-electron chi connectivity index (χ3n) is 0.139. The van der Waals surface area contributed by atoms with Gasteiger partial charge < -0.3 is 24.0 Å². The van der Waals surface area contributed by atoms with Crippen LogP contribution in [-0.2, 0) is 53.2 Å². The zero-order chi connectivity index (χ0) is 9.28. The molecule has 0 aliphatic heterocycles. The van der Waals surface area contributed by atoms with E-state index in [0.29, 0.717) is 0 Å². The standard InChI is InChI=1S/Co.H2O5S.H2O4S/c;1-4-5-6(2)3;1-4-5(2)3/h;1H,(H,2,3);1H,(H,2,3)/q+2;;/p-4. The number of hydrogen-bond donors (Lipinski definition) is 0. The van der Waals surface area contributed by atoms with Crippen LogP contribution in [0.2, 0.25) is 0 Å². The maximum absolute atomic E-state index is 9.05. The molecule has 0 saturated heterocycles. The van der Waals surface area contributed by atoms with Crippen LogP contribution < -0.4 is 10.5 Å². The predicted molar refractivity (Wildman–Crippen MR) is 21.1 cm³/mol. The molecule has 0 spiro atoms. The molecule has 0 aliphatic carbocycles. The normalized spacial score (nSPS) is 13.3. The summed E-state index contributed by atoms with van der Waals surface area (Å²) in [5.41, 5.74) is 0. The van der Waals surface area contributed by atoms with E-state index in [-0.39, 0.29) is 16.8 Å². The number of rotatable bonds is 3. The molecule has 0 aliphatic rings. The van der Waals surface area contributed by atoms with Crippen molar-refractivity contribution in [3.8, 4) is 0 Å². The largest absolute Gasteiger partial charge is 2.00 e. The molecule has 0 aromatic rings. The Balaban J connectivity index is -0.000000126. The van der Waals surface area contributed by atoms with Crippen molar-refractivity contribution >= 4 is 22.7 Å². The van der Waals surface area contributed by atoms with Crippen molar-refractivity contribution in [3.63, 3.8) is 0 Å². The van der Waals surface area contributed by atoms with E-state index in [1.807, 2.05) is 0 Å². The molecule has 1 radical (unpaired) electrons. The van der Waals surface area contributed by atoms with Crippen LogP contribution in [0.3, 0.4) is 0 Å². The second kappa shape index (κ2) is 14.1. The van der Waals surface area contributed by atoms with E-state index in [4.69, 9.17) is 28.0 Å². The maximum atomic E-state index is 9.05. The average Bonchev–Trinajstić information content (AvgIpc) is 1.89. The van der Waals surface area contributed by atoms with Gasteiger partial charge in [-0.1, -0.05) is 0 Å². The first-order valence-corrected chi connectivity index (χ1v) is 3.50. The van der Waals surface area contributed by atoms with Gasteiger partial charge in [0.2, 0.25) is 0 Å². The molecule has 12 heteroatoms. The average molecular weight is 267 g/mol. The van der Waals surface area contributed by atoms with Gasteiger partial charge in [-0.05, 0) is 0 Å². The topological polar surface area (TPSA) is 154 Å². The SMILES string of the molecule is O=S([O-])OO[O-].O=S([O-])O[O-].[Co+2]. The Morgan fingerprint density at radius 2 is 1.33 bits per heavy atom. The Kier molecular flexibility index (Phi) is 21.5. The van der Waals surface area contributed by atoms with Crippen molar-refractivity contribution < 1.29 is 58.5 Å². The summed E-state index contributed by atoms with van der Waals surface area (Å²) in [6, 6.07) is 0. The fourth-order valence-electron chi connectivity index (χ4n) is 0.0227. The monoisotopic (exact) mass is 267 g/mol. The minimum absolute atomic E-state index is 0. The van der Waals surface area contributed by atoms with Crippen LogP contribution in [0, 0.1) is 0 Å². The van der Waals surface area contributed by atoms with Crippen molar-refractivity contribution in [3.05, 3.63) is 0 Å². The summed E-state index contributed by atoms with van der Waals surface area (Å²) in [6.45, 7) is 0. The van der Waals surface area contributed by atoms with Gasteiger partial charge in [0, 0.05) is 0 Å². The van der Waals surface area contributed by atoms with Crippen molar-refractivity contribution in [2.75, 3.05) is 0 Å². The molecule has 0 aromatic carbocycles. The van der Waals surface area contributed by atoms with Crippen LogP contribution in [0.5, 0.6) is 0 Å². The van der Waals surface area contributed by atoms with Crippen molar-refractivity contribution in [2.24, 2.45) is 0 Å². The van der Waals surface area contributed by atoms with E-state index in [0.717, 1.165) is 0 Å². The van der Waals surface area contributed by atoms with Crippen LogP contribution in [0.4, 0.5) is 0 Å². The van der Waals surface area contributed by atoms with Crippen LogP contribution in [0.25, 0.3) is 0 Å². The molecule has 0 heterocycles. The Morgan fingerprint density at radius 1 is 1.00 bits per heavy atom. The third-order valence-corrected chi connectivity index (χ3v) is 0.417. The summed E-state index contributed by atoms with van der Waals surface area (Å²) < 4.78 is 41.1. The van der Waals surface area contributed by atoms with Crippen molar-refractivity contribution in [1.82, 2.24) is 0 Å². The molecular weight excluding hydrogens is 267 g/mol. The molecule has 2 unspecified atom stereocenters. The summed E-state index contributed by atoms with van der Waals surface area (Å²) in [4.78, 5) is 0. The van der Waals surface area contributed by atoms with Crippen LogP contribution in [-0.4, -0.2) is 17.5 Å². The van der Waals surface area contributed by atoms with E-state index in [2.05, 4.69) is 13.7 Å². The molecule has 77 valence electrons. The van der Waals surface area contributed by atoms with Gasteiger partial charge in [-0.25, -0.2) is 8.42 Å². The number of hydrogen-bond acceptors (Lipinski definition) is 9. The van der Waals surface area contributed by atoms with Gasteiger partial charge in [0.15, 0.2) is 0 Å². The molecule has 0 fully saturated rings. The molecule has 2 atom stereocenters. The Hall–Kier alpha value is 0.526. The molecule has 0 rings (SSSR count). The Morgan fingerprint density at radius 3 is 1.33 bits per heavy atom. The quantitative estimate of drug-likeness (QED) is 0.283. The van der Waals surface area contributed by atoms with Gasteiger partial charge in [-0.15, -0.1) is 0 Å². The molecule has 12 heavy (non-hydrogen) atoms. The van der Waals surface area contributed by atoms with Crippen LogP contribution in [0.15, 0.2) is 0 Å². The summed E-state index contributed by atoms with van der Waals surface area (Å²) in [5.74, 6) is 0. The zero-order valence-electron chi connectivity index (χ0n) is 4.82. The second-order valence-electron chi connectivity index (χ2n) is 0.612. The van der Waals surface area contributed by atoms with Crippen molar-refractivity contribution in [1.29, 1.82) is 0 Å². The molecule has 0 N–H and O–H groups in total. The maximum Gasteiger partial charge on any atom is 2.00 e. The fourth-order valence-corrected chi connectivity index (χ4v) is 0.0680. The summed E-state index contributed by atoms with van der Waals surface area (Å²) in [7, 11) is 0. The van der Waals surface area contributed by atoms with E-state index < -0.39 is 22.7 Å². The molecule has 9 nitrogen and oxygen atoms in total. The molecule has 0 aromatic heterocycles. The molecular formula is CoO9S2-2. The molecule has 0 bridgehead atoms. The van der Waals surface area contributed by atoms with Crippen LogP contribution >= 0.6 is 0 Å². The van der Waals surface area contributed by atoms with Gasteiger partial charge in [0.1, 0.15) is 11.4 Å². The van der Waals surface area contributed by atoms with Gasteiger partial charge in [0.25, 0.3) is 0 Å². The second-order valence-corrected chi connectivity index (χ2v) is 1.70. The van der Waals surface area contributed by atoms with E-state index in [9.17, 15) is 0 Å². The van der Waals surface area contributed by atoms with E-state index >= 15 is 0 Å². The van der Waals surface area contributed by atoms with Gasteiger partial charge in [-0.3, -0.25) is 5.04 Å². The van der Waals surface area contributed by atoms with Crippen LogP contribution in [0.1, 0.15) is 0 Å². The minimum Gasteiger partial charge on any atom is -0.750 e. The first-order chi connectivity index (χ1) is 5.04. The first-order valence-electron chi connectivity index (χ1n) is 1.50. The Labute approximate surface area is 81.6 Å². The molecule has 0 saturated carbocycles. The van der Waals surface area contributed by atoms with Gasteiger partial charge >= 0.3 is 16.8 Å². The fraction of sp³-hybridized carbons (Fsp3) is 0. The van der Waals surface area contributed by atoms with Crippen molar-refractivity contribution in [2.45, 2.75) is 0 Å². The minimum atomic E-state index is -2.88. The Bertz CT molecular complexity index is 122. The van der Waals surface area contributed by atoms with E-state index in [1.54, 1.807) is 0 Å². The predicted octanol–water partition coefficient (Wildman–Crippen LogP) is -3.93. The summed E-state index contributed by atoms with van der Waals surface area (Å²) >= 11 is -5.73. The smallest absolute Gasteiger partial charge is 0.750 e. The zero-order valence-corrected chi connectivity index (χ0v) is 7.50. The summed E-state index contributed by atoms with van der Waals surface area (Å²) in [6.07, 6.45) is 0. The summed E-state index contributed by atoms with van der Waals surface area (Å²) in [5, 5.41) is 19.6. The molecule has 0 amide bonds. The van der Waals surface area contributed by atoms with E-state index in [1.165, 1.54) is 0 Å². The van der Waals surface area contributed by atoms with Gasteiger partial charge in [0.05, 0.1) is 11.4 Å². The van der Waals surface area contributed by atoms with Gasteiger partial charge in [-0.2, -0.15) is 4.33 Å². The third kappa shape index (κ3) is 31.3. The first kappa shape index (κ1) is 18.3.